The Morgan fingerprint density at radius 1 is 1.30 bits per heavy atom. The number of amides is 1. The molecule has 1 N–H and O–H groups in total. The number of halogens is 2. The van der Waals surface area contributed by atoms with E-state index in [9.17, 15) is 4.79 Å². The number of aliphatic imine (C=N–C) groups is 1. The van der Waals surface area contributed by atoms with E-state index in [1.165, 1.54) is 4.90 Å². The molecule has 9 heteroatoms. The summed E-state index contributed by atoms with van der Waals surface area (Å²) in [6.45, 7) is 6.27. The van der Waals surface area contributed by atoms with E-state index in [0.717, 1.165) is 63.1 Å². The van der Waals surface area contributed by atoms with Crippen LogP contribution in [0.4, 0.5) is 0 Å². The lowest BCUT2D eigenvalue weighted by Gasteiger charge is -2.34. The molecule has 0 atom stereocenters. The molecule has 1 aliphatic heterocycles. The number of hydrogen-bond acceptors (Lipinski definition) is 4. The highest BCUT2D eigenvalue weighted by Gasteiger charge is 2.22. The van der Waals surface area contributed by atoms with Crippen LogP contribution in [0, 0.1) is 0 Å². The Morgan fingerprint density at radius 3 is 2.57 bits per heavy atom. The highest BCUT2D eigenvalue weighted by molar-refractivity contribution is 14.0. The number of hydrogen-bond donors (Lipinski definition) is 1. The third kappa shape index (κ3) is 10.1. The van der Waals surface area contributed by atoms with Gasteiger partial charge in [0.2, 0.25) is 5.91 Å². The molecule has 0 saturated carbocycles. The number of carbonyl (C=O) groups excluding carboxylic acids is 1. The van der Waals surface area contributed by atoms with Crippen molar-refractivity contribution in [3.63, 3.8) is 0 Å². The van der Waals surface area contributed by atoms with Gasteiger partial charge in [-0.3, -0.25) is 4.79 Å². The van der Waals surface area contributed by atoms with E-state index in [-0.39, 0.29) is 36.4 Å². The van der Waals surface area contributed by atoms with Gasteiger partial charge >= 0.3 is 0 Å². The molecule has 1 amide bonds. The van der Waals surface area contributed by atoms with Crippen LogP contribution < -0.4 is 5.32 Å². The SMILES string of the molecule is CCOCCCNC(=NCC(=O)N(C)C)N1CCC(Sc2ccc(Cl)cc2)CC1.I. The molecule has 0 spiro atoms. The van der Waals surface area contributed by atoms with Crippen molar-refractivity contribution in [2.75, 3.05) is 53.5 Å². The molecule has 30 heavy (non-hydrogen) atoms. The zero-order valence-corrected chi connectivity index (χ0v) is 22.0. The minimum atomic E-state index is 0. The third-order valence-corrected chi connectivity index (χ3v) is 6.27. The van der Waals surface area contributed by atoms with Gasteiger partial charge < -0.3 is 19.9 Å². The monoisotopic (exact) mass is 568 g/mol. The van der Waals surface area contributed by atoms with Crippen LogP contribution in [-0.4, -0.2) is 80.4 Å². The number of likely N-dealkylation sites (tertiary alicyclic amines) is 1. The van der Waals surface area contributed by atoms with E-state index < -0.39 is 0 Å². The zero-order chi connectivity index (χ0) is 21.1. The lowest BCUT2D eigenvalue weighted by molar-refractivity contribution is -0.127. The Balaban J connectivity index is 0.00000450. The van der Waals surface area contributed by atoms with Crippen LogP contribution in [0.25, 0.3) is 0 Å². The van der Waals surface area contributed by atoms with Crippen molar-refractivity contribution in [2.45, 2.75) is 36.3 Å². The molecule has 170 valence electrons. The van der Waals surface area contributed by atoms with Crippen LogP contribution in [0.1, 0.15) is 26.2 Å². The van der Waals surface area contributed by atoms with Gasteiger partial charge in [-0.25, -0.2) is 4.99 Å². The zero-order valence-electron chi connectivity index (χ0n) is 18.1. The number of nitrogens with one attached hydrogen (secondary N) is 1. The van der Waals surface area contributed by atoms with Crippen LogP contribution in [0.2, 0.25) is 5.02 Å². The molecule has 0 unspecified atom stereocenters. The topological polar surface area (TPSA) is 57.2 Å². The number of rotatable bonds is 9. The minimum Gasteiger partial charge on any atom is -0.382 e. The maximum Gasteiger partial charge on any atom is 0.243 e. The maximum absolute atomic E-state index is 12.0. The molecule has 1 fully saturated rings. The number of nitrogens with zero attached hydrogens (tertiary/aromatic N) is 3. The summed E-state index contributed by atoms with van der Waals surface area (Å²) in [6, 6.07) is 8.05. The molecule has 1 aromatic carbocycles. The first kappa shape index (κ1) is 27.3. The van der Waals surface area contributed by atoms with Gasteiger partial charge in [-0.05, 0) is 50.5 Å². The van der Waals surface area contributed by atoms with Crippen molar-refractivity contribution >= 4 is 59.2 Å². The molecule has 0 aromatic heterocycles. The number of thioether (sulfide) groups is 1. The molecule has 2 rings (SSSR count). The Hall–Kier alpha value is -0.710. The number of carbonyl (C=O) groups is 1. The number of likely N-dealkylation sites (N-methyl/N-ethyl adjacent to an activating group) is 1. The first-order chi connectivity index (χ1) is 14.0. The van der Waals surface area contributed by atoms with E-state index in [2.05, 4.69) is 27.3 Å². The number of guanidine groups is 1. The van der Waals surface area contributed by atoms with E-state index in [1.54, 1.807) is 19.0 Å². The fourth-order valence-corrected chi connectivity index (χ4v) is 4.21. The minimum absolute atomic E-state index is 0. The summed E-state index contributed by atoms with van der Waals surface area (Å²) < 4.78 is 5.40. The Kier molecular flexibility index (Phi) is 13.8. The second-order valence-corrected chi connectivity index (χ2v) is 8.97. The fourth-order valence-electron chi connectivity index (χ4n) is 2.96. The molecule has 1 saturated heterocycles. The van der Waals surface area contributed by atoms with Gasteiger partial charge in [0.15, 0.2) is 5.96 Å². The second kappa shape index (κ2) is 15.2. The van der Waals surface area contributed by atoms with E-state index >= 15 is 0 Å². The standard InChI is InChI=1S/C21H33ClN4O2S.HI/c1-4-28-15-5-12-23-21(24-16-20(27)25(2)3)26-13-10-19(11-14-26)29-18-8-6-17(22)7-9-18;/h6-9,19H,4-5,10-16H2,1-3H3,(H,23,24);1H. The lowest BCUT2D eigenvalue weighted by atomic mass is 10.1. The van der Waals surface area contributed by atoms with Gasteiger partial charge in [0.05, 0.1) is 0 Å². The smallest absolute Gasteiger partial charge is 0.243 e. The Morgan fingerprint density at radius 2 is 1.97 bits per heavy atom. The highest BCUT2D eigenvalue weighted by atomic mass is 127. The highest BCUT2D eigenvalue weighted by Crippen LogP contribution is 2.31. The molecule has 1 heterocycles. The van der Waals surface area contributed by atoms with E-state index in [0.29, 0.717) is 5.25 Å². The lowest BCUT2D eigenvalue weighted by Crippen LogP contribution is -2.47. The first-order valence-electron chi connectivity index (χ1n) is 10.2. The molecule has 0 radical (unpaired) electrons. The summed E-state index contributed by atoms with van der Waals surface area (Å²) in [5, 5.41) is 4.77. The van der Waals surface area contributed by atoms with Crippen molar-refractivity contribution in [2.24, 2.45) is 4.99 Å². The summed E-state index contributed by atoms with van der Waals surface area (Å²) in [5.41, 5.74) is 0. The third-order valence-electron chi connectivity index (χ3n) is 4.67. The predicted molar refractivity (Wildman–Crippen MR) is 137 cm³/mol. The summed E-state index contributed by atoms with van der Waals surface area (Å²) in [6.07, 6.45) is 3.07. The van der Waals surface area contributed by atoms with Crippen molar-refractivity contribution in [3.8, 4) is 0 Å². The molecule has 0 aliphatic carbocycles. The molecular formula is C21H34ClIN4O2S. The molecule has 6 nitrogen and oxygen atoms in total. The summed E-state index contributed by atoms with van der Waals surface area (Å²) >= 11 is 7.89. The average Bonchev–Trinajstić information content (AvgIpc) is 2.72. The van der Waals surface area contributed by atoms with Crippen molar-refractivity contribution in [1.29, 1.82) is 0 Å². The van der Waals surface area contributed by atoms with Gasteiger partial charge in [-0.15, -0.1) is 35.7 Å². The number of piperidine rings is 1. The Bertz CT molecular complexity index is 653. The van der Waals surface area contributed by atoms with Crippen LogP contribution >= 0.6 is 47.3 Å². The fraction of sp³-hybridized carbons (Fsp3) is 0.619. The summed E-state index contributed by atoms with van der Waals surface area (Å²) in [4.78, 5) is 21.6. The summed E-state index contributed by atoms with van der Waals surface area (Å²) in [7, 11) is 3.51. The molecular weight excluding hydrogens is 535 g/mol. The van der Waals surface area contributed by atoms with Crippen LogP contribution in [0.15, 0.2) is 34.2 Å². The van der Waals surface area contributed by atoms with Crippen LogP contribution in [0.5, 0.6) is 0 Å². The average molecular weight is 569 g/mol. The normalized spacial score (nSPS) is 14.9. The Labute approximate surface area is 207 Å². The first-order valence-corrected chi connectivity index (χ1v) is 11.5. The van der Waals surface area contributed by atoms with Crippen molar-refractivity contribution in [3.05, 3.63) is 29.3 Å². The van der Waals surface area contributed by atoms with Crippen molar-refractivity contribution < 1.29 is 9.53 Å². The quantitative estimate of drug-likeness (QED) is 0.211. The van der Waals surface area contributed by atoms with Crippen molar-refractivity contribution in [1.82, 2.24) is 15.1 Å². The van der Waals surface area contributed by atoms with Gasteiger partial charge in [0.1, 0.15) is 6.54 Å². The molecule has 0 bridgehead atoms. The number of ether oxygens (including phenoxy) is 1. The number of benzene rings is 1. The van der Waals surface area contributed by atoms with Gasteiger partial charge in [-0.2, -0.15) is 0 Å². The van der Waals surface area contributed by atoms with Gasteiger partial charge in [0, 0.05) is 62.1 Å². The summed E-state index contributed by atoms with van der Waals surface area (Å²) in [5.74, 6) is 0.832. The van der Waals surface area contributed by atoms with E-state index in [4.69, 9.17) is 16.3 Å². The van der Waals surface area contributed by atoms with Crippen LogP contribution in [-0.2, 0) is 9.53 Å². The van der Waals surface area contributed by atoms with E-state index in [1.807, 2.05) is 30.8 Å². The second-order valence-electron chi connectivity index (χ2n) is 7.16. The van der Waals surface area contributed by atoms with Gasteiger partial charge in [-0.1, -0.05) is 11.6 Å². The predicted octanol–water partition coefficient (Wildman–Crippen LogP) is 3.97. The van der Waals surface area contributed by atoms with Crippen LogP contribution in [0.3, 0.4) is 0 Å². The maximum atomic E-state index is 12.0. The molecule has 1 aromatic rings. The largest absolute Gasteiger partial charge is 0.382 e. The molecule has 1 aliphatic rings. The van der Waals surface area contributed by atoms with Gasteiger partial charge in [0.25, 0.3) is 0 Å².